The van der Waals surface area contributed by atoms with Gasteiger partial charge in [0, 0.05) is 0 Å². The molecule has 0 aliphatic heterocycles. The number of halogens is 1. The molecule has 0 unspecified atom stereocenters. The fraction of sp³-hybridized carbons (Fsp3) is 0.500. The SMILES string of the molecule is C=CCCCCCn1cc(Br)c([N+](=O)[O-])n1. The predicted octanol–water partition coefficient (Wildman–Crippen LogP) is 3.30. The molecular weight excluding hydrogens is 274 g/mol. The van der Waals surface area contributed by atoms with Crippen LogP contribution in [0.4, 0.5) is 5.82 Å². The zero-order chi connectivity index (χ0) is 12.0. The number of aryl methyl sites for hydroxylation is 1. The fourth-order valence-corrected chi connectivity index (χ4v) is 1.82. The lowest BCUT2D eigenvalue weighted by Crippen LogP contribution is -1.99. The van der Waals surface area contributed by atoms with Gasteiger partial charge in [-0.1, -0.05) is 12.5 Å². The molecule has 0 saturated heterocycles. The van der Waals surface area contributed by atoms with Crippen molar-refractivity contribution >= 4 is 21.7 Å². The minimum absolute atomic E-state index is 0.119. The molecule has 1 aromatic heterocycles. The summed E-state index contributed by atoms with van der Waals surface area (Å²) in [4.78, 5) is 10.1. The zero-order valence-corrected chi connectivity index (χ0v) is 10.5. The lowest BCUT2D eigenvalue weighted by Gasteiger charge is -1.96. The number of rotatable bonds is 7. The first-order valence-electron chi connectivity index (χ1n) is 5.13. The van der Waals surface area contributed by atoms with Crippen LogP contribution in [0.5, 0.6) is 0 Å². The highest BCUT2D eigenvalue weighted by Crippen LogP contribution is 2.22. The van der Waals surface area contributed by atoms with Crippen LogP contribution in [0, 0.1) is 10.1 Å². The first-order chi connectivity index (χ1) is 7.65. The molecule has 0 amide bonds. The topological polar surface area (TPSA) is 61.0 Å². The predicted molar refractivity (Wildman–Crippen MR) is 65.2 cm³/mol. The number of nitro groups is 1. The molecule has 0 saturated carbocycles. The highest BCUT2D eigenvalue weighted by Gasteiger charge is 2.17. The van der Waals surface area contributed by atoms with Crippen molar-refractivity contribution in [2.45, 2.75) is 32.2 Å². The Morgan fingerprint density at radius 2 is 2.31 bits per heavy atom. The summed E-state index contributed by atoms with van der Waals surface area (Å²) in [6, 6.07) is 0. The van der Waals surface area contributed by atoms with Gasteiger partial charge < -0.3 is 10.1 Å². The van der Waals surface area contributed by atoms with Gasteiger partial charge in [-0.3, -0.25) is 0 Å². The van der Waals surface area contributed by atoms with Crippen LogP contribution in [0.1, 0.15) is 25.7 Å². The second-order valence-electron chi connectivity index (χ2n) is 3.46. The van der Waals surface area contributed by atoms with Crippen LogP contribution in [0.25, 0.3) is 0 Å². The van der Waals surface area contributed by atoms with Crippen LogP contribution < -0.4 is 0 Å². The molecular formula is C10H14BrN3O2. The third-order valence-corrected chi connectivity index (χ3v) is 2.73. The smallest absolute Gasteiger partial charge is 0.358 e. The van der Waals surface area contributed by atoms with Crippen molar-refractivity contribution in [3.05, 3.63) is 33.4 Å². The second kappa shape index (κ2) is 6.42. The van der Waals surface area contributed by atoms with Crippen LogP contribution in [-0.4, -0.2) is 14.7 Å². The molecule has 0 fully saturated rings. The van der Waals surface area contributed by atoms with E-state index in [4.69, 9.17) is 0 Å². The maximum Gasteiger partial charge on any atom is 0.404 e. The molecule has 1 rings (SSSR count). The van der Waals surface area contributed by atoms with Gasteiger partial charge >= 0.3 is 5.82 Å². The summed E-state index contributed by atoms with van der Waals surface area (Å²) in [5.41, 5.74) is 0. The Hall–Kier alpha value is -1.17. The Balaban J connectivity index is 2.40. The van der Waals surface area contributed by atoms with Crippen molar-refractivity contribution in [2.75, 3.05) is 0 Å². The summed E-state index contributed by atoms with van der Waals surface area (Å²) in [7, 11) is 0. The zero-order valence-electron chi connectivity index (χ0n) is 8.93. The van der Waals surface area contributed by atoms with E-state index in [1.165, 1.54) is 0 Å². The number of hydrogen-bond donors (Lipinski definition) is 0. The molecule has 0 atom stereocenters. The minimum atomic E-state index is -0.488. The van der Waals surface area contributed by atoms with Gasteiger partial charge in [-0.25, -0.2) is 0 Å². The van der Waals surface area contributed by atoms with Gasteiger partial charge in [0.05, 0.1) is 17.8 Å². The van der Waals surface area contributed by atoms with Crippen LogP contribution in [-0.2, 0) is 6.54 Å². The van der Waals surface area contributed by atoms with Gasteiger partial charge in [0.15, 0.2) is 0 Å². The van der Waals surface area contributed by atoms with Crippen LogP contribution in [0.2, 0.25) is 0 Å². The van der Waals surface area contributed by atoms with Crippen molar-refractivity contribution in [3.63, 3.8) is 0 Å². The summed E-state index contributed by atoms with van der Waals surface area (Å²) < 4.78 is 2.04. The van der Waals surface area contributed by atoms with Crippen molar-refractivity contribution in [1.29, 1.82) is 0 Å². The van der Waals surface area contributed by atoms with Gasteiger partial charge in [-0.05, 0) is 40.1 Å². The molecule has 0 N–H and O–H groups in total. The Bertz CT molecular complexity index is 376. The maximum atomic E-state index is 10.5. The molecule has 0 radical (unpaired) electrons. The van der Waals surface area contributed by atoms with Gasteiger partial charge in [-0.2, -0.15) is 4.68 Å². The number of hydrogen-bond acceptors (Lipinski definition) is 3. The van der Waals surface area contributed by atoms with Gasteiger partial charge in [0.2, 0.25) is 0 Å². The monoisotopic (exact) mass is 287 g/mol. The molecule has 0 aromatic carbocycles. The summed E-state index contributed by atoms with van der Waals surface area (Å²) >= 11 is 3.11. The molecule has 0 aliphatic carbocycles. The molecule has 0 aliphatic rings. The van der Waals surface area contributed by atoms with E-state index in [1.54, 1.807) is 10.9 Å². The molecule has 1 heterocycles. The van der Waals surface area contributed by atoms with Crippen molar-refractivity contribution in [3.8, 4) is 0 Å². The van der Waals surface area contributed by atoms with Gasteiger partial charge in [0.25, 0.3) is 0 Å². The third-order valence-electron chi connectivity index (χ3n) is 2.17. The van der Waals surface area contributed by atoms with Crippen LogP contribution in [0.3, 0.4) is 0 Å². The Kier molecular flexibility index (Phi) is 5.18. The summed E-state index contributed by atoms with van der Waals surface area (Å²) in [5, 5.41) is 14.4. The molecule has 1 aromatic rings. The van der Waals surface area contributed by atoms with E-state index >= 15 is 0 Å². The van der Waals surface area contributed by atoms with Crippen molar-refractivity contribution < 1.29 is 4.92 Å². The Morgan fingerprint density at radius 3 is 2.88 bits per heavy atom. The lowest BCUT2D eigenvalue weighted by molar-refractivity contribution is -0.390. The van der Waals surface area contributed by atoms with E-state index < -0.39 is 4.92 Å². The number of nitrogens with zero attached hydrogens (tertiary/aromatic N) is 3. The first-order valence-corrected chi connectivity index (χ1v) is 5.92. The molecule has 6 heteroatoms. The third kappa shape index (κ3) is 3.77. The molecule has 88 valence electrons. The molecule has 5 nitrogen and oxygen atoms in total. The highest BCUT2D eigenvalue weighted by atomic mass is 79.9. The fourth-order valence-electron chi connectivity index (χ4n) is 1.36. The standard InChI is InChI=1S/C10H14BrN3O2/c1-2-3-4-5-6-7-13-8-9(11)10(12-13)14(15)16/h2,8H,1,3-7H2. The number of allylic oxidation sites excluding steroid dienone is 1. The second-order valence-corrected chi connectivity index (χ2v) is 4.31. The van der Waals surface area contributed by atoms with E-state index in [0.717, 1.165) is 25.7 Å². The molecule has 0 bridgehead atoms. The largest absolute Gasteiger partial charge is 0.404 e. The Morgan fingerprint density at radius 1 is 1.56 bits per heavy atom. The van der Waals surface area contributed by atoms with E-state index in [0.29, 0.717) is 11.0 Å². The van der Waals surface area contributed by atoms with Gasteiger partial charge in [-0.15, -0.1) is 6.58 Å². The number of aromatic nitrogens is 2. The minimum Gasteiger partial charge on any atom is -0.358 e. The van der Waals surface area contributed by atoms with Crippen LogP contribution in [0.15, 0.2) is 23.3 Å². The van der Waals surface area contributed by atoms with E-state index in [9.17, 15) is 10.1 Å². The van der Waals surface area contributed by atoms with E-state index in [2.05, 4.69) is 27.6 Å². The van der Waals surface area contributed by atoms with Crippen molar-refractivity contribution in [1.82, 2.24) is 9.78 Å². The summed E-state index contributed by atoms with van der Waals surface area (Å²) in [6.45, 7) is 4.36. The summed E-state index contributed by atoms with van der Waals surface area (Å²) in [6.07, 6.45) is 7.72. The summed E-state index contributed by atoms with van der Waals surface area (Å²) in [5.74, 6) is -0.119. The van der Waals surface area contributed by atoms with Gasteiger partial charge in [0.1, 0.15) is 4.47 Å². The van der Waals surface area contributed by atoms with E-state index in [-0.39, 0.29) is 5.82 Å². The Labute approximate surface area is 102 Å². The lowest BCUT2D eigenvalue weighted by atomic mass is 10.2. The van der Waals surface area contributed by atoms with E-state index in [1.807, 2.05) is 6.08 Å². The van der Waals surface area contributed by atoms with Crippen molar-refractivity contribution in [2.24, 2.45) is 0 Å². The first kappa shape index (κ1) is 12.9. The maximum absolute atomic E-state index is 10.5. The van der Waals surface area contributed by atoms with Crippen LogP contribution >= 0.6 is 15.9 Å². The average Bonchev–Trinajstić information content (AvgIpc) is 2.59. The quantitative estimate of drug-likeness (QED) is 0.335. The average molecular weight is 288 g/mol. The normalized spacial score (nSPS) is 10.3. The number of unbranched alkanes of at least 4 members (excludes halogenated alkanes) is 3. The molecule has 16 heavy (non-hydrogen) atoms. The molecule has 0 spiro atoms. The highest BCUT2D eigenvalue weighted by molar-refractivity contribution is 9.10.